The van der Waals surface area contributed by atoms with Gasteiger partial charge in [0.15, 0.2) is 11.5 Å². The molecule has 148 valence electrons. The van der Waals surface area contributed by atoms with Gasteiger partial charge < -0.3 is 19.7 Å². The summed E-state index contributed by atoms with van der Waals surface area (Å²) in [5.74, 6) is 4.73. The molecule has 0 aliphatic carbocycles. The lowest BCUT2D eigenvalue weighted by molar-refractivity contribution is 0.111. The number of benzene rings is 2. The van der Waals surface area contributed by atoms with Gasteiger partial charge >= 0.3 is 0 Å². The molecule has 2 heterocycles. The zero-order chi connectivity index (χ0) is 20.2. The minimum Gasteiger partial charge on any atom is -0.493 e. The van der Waals surface area contributed by atoms with Crippen molar-refractivity contribution in [2.45, 2.75) is 18.9 Å². The van der Waals surface area contributed by atoms with E-state index in [2.05, 4.69) is 33.2 Å². The number of hydrogen-bond acceptors (Lipinski definition) is 6. The van der Waals surface area contributed by atoms with Gasteiger partial charge in [-0.2, -0.15) is 0 Å². The van der Waals surface area contributed by atoms with Gasteiger partial charge in [-0.05, 0) is 44.2 Å². The average molecular weight is 388 g/mol. The zero-order valence-electron chi connectivity index (χ0n) is 16.7. The van der Waals surface area contributed by atoms with E-state index in [1.54, 1.807) is 7.11 Å². The van der Waals surface area contributed by atoms with Crippen LogP contribution in [0.5, 0.6) is 11.5 Å². The molecule has 2 aromatic carbocycles. The fraction of sp³-hybridized carbons (Fsp3) is 0.304. The molecule has 1 saturated heterocycles. The summed E-state index contributed by atoms with van der Waals surface area (Å²) in [7, 11) is 3.78. The Bertz CT molecular complexity index is 1050. The van der Waals surface area contributed by atoms with Gasteiger partial charge in [0.25, 0.3) is 0 Å². The van der Waals surface area contributed by atoms with Crippen molar-refractivity contribution in [3.63, 3.8) is 0 Å². The maximum Gasteiger partial charge on any atom is 0.162 e. The van der Waals surface area contributed by atoms with Crippen molar-refractivity contribution >= 4 is 22.4 Å². The van der Waals surface area contributed by atoms with E-state index in [-0.39, 0.29) is 6.10 Å². The first-order chi connectivity index (χ1) is 14.2. The molecule has 0 bridgehead atoms. The van der Waals surface area contributed by atoms with Crippen LogP contribution in [0.3, 0.4) is 0 Å². The van der Waals surface area contributed by atoms with Crippen molar-refractivity contribution in [3.05, 3.63) is 48.3 Å². The van der Waals surface area contributed by atoms with Gasteiger partial charge in [-0.25, -0.2) is 9.97 Å². The number of fused-ring (bicyclic) bond motifs is 1. The molecule has 0 radical (unpaired) electrons. The van der Waals surface area contributed by atoms with Gasteiger partial charge in [0.05, 0.1) is 12.6 Å². The highest BCUT2D eigenvalue weighted by molar-refractivity contribution is 5.93. The van der Waals surface area contributed by atoms with E-state index >= 15 is 0 Å². The molecular formula is C23H24N4O2. The Kier molecular flexibility index (Phi) is 5.50. The van der Waals surface area contributed by atoms with E-state index in [0.717, 1.165) is 48.1 Å². The van der Waals surface area contributed by atoms with E-state index in [9.17, 15) is 0 Å². The highest BCUT2D eigenvalue weighted by Crippen LogP contribution is 2.36. The molecule has 0 amide bonds. The standard InChI is InChI=1S/C23H24N4O2/c1-4-16-6-5-7-17(12-16)26-23-19-13-22(29-18-8-10-27(2)11-9-18)21(28-3)14-20(19)24-15-25-23/h1,5-7,12-15,18H,8-11H2,2-3H3,(H,24,25,26). The Morgan fingerprint density at radius 1 is 1.14 bits per heavy atom. The van der Waals surface area contributed by atoms with Crippen LogP contribution in [0.4, 0.5) is 11.5 Å². The van der Waals surface area contributed by atoms with Crippen LogP contribution in [0.1, 0.15) is 18.4 Å². The molecule has 4 rings (SSSR count). The van der Waals surface area contributed by atoms with Crippen LogP contribution < -0.4 is 14.8 Å². The second kappa shape index (κ2) is 8.38. The molecule has 3 aromatic rings. The zero-order valence-corrected chi connectivity index (χ0v) is 16.7. The second-order valence-corrected chi connectivity index (χ2v) is 7.21. The van der Waals surface area contributed by atoms with Gasteiger partial charge in [0.2, 0.25) is 0 Å². The summed E-state index contributed by atoms with van der Waals surface area (Å²) in [5.41, 5.74) is 2.46. The molecule has 0 unspecified atom stereocenters. The minimum absolute atomic E-state index is 0.172. The molecule has 0 saturated carbocycles. The van der Waals surface area contributed by atoms with Crippen LogP contribution in [0.2, 0.25) is 0 Å². The number of hydrogen-bond donors (Lipinski definition) is 1. The van der Waals surface area contributed by atoms with Crippen molar-refractivity contribution in [1.29, 1.82) is 0 Å². The second-order valence-electron chi connectivity index (χ2n) is 7.21. The first kappa shape index (κ1) is 19.0. The molecule has 1 N–H and O–H groups in total. The number of methoxy groups -OCH3 is 1. The SMILES string of the molecule is C#Cc1cccc(Nc2ncnc3cc(OC)c(OC4CCN(C)CC4)cc23)c1. The van der Waals surface area contributed by atoms with Gasteiger partial charge in [-0.3, -0.25) is 0 Å². The Balaban J connectivity index is 1.68. The van der Waals surface area contributed by atoms with E-state index in [0.29, 0.717) is 17.3 Å². The number of piperidine rings is 1. The number of aromatic nitrogens is 2. The maximum atomic E-state index is 6.31. The van der Waals surface area contributed by atoms with Crippen molar-refractivity contribution < 1.29 is 9.47 Å². The summed E-state index contributed by atoms with van der Waals surface area (Å²) >= 11 is 0. The Hall–Kier alpha value is -3.30. The Morgan fingerprint density at radius 3 is 2.72 bits per heavy atom. The lowest BCUT2D eigenvalue weighted by Crippen LogP contribution is -2.35. The molecular weight excluding hydrogens is 364 g/mol. The highest BCUT2D eigenvalue weighted by Gasteiger charge is 2.20. The van der Waals surface area contributed by atoms with Gasteiger partial charge in [-0.1, -0.05) is 12.0 Å². The number of nitrogens with one attached hydrogen (secondary N) is 1. The van der Waals surface area contributed by atoms with E-state index in [4.69, 9.17) is 15.9 Å². The Morgan fingerprint density at radius 2 is 1.97 bits per heavy atom. The molecule has 0 atom stereocenters. The third-order valence-corrected chi connectivity index (χ3v) is 5.17. The number of terminal acetylenes is 1. The summed E-state index contributed by atoms with van der Waals surface area (Å²) in [5, 5.41) is 4.21. The van der Waals surface area contributed by atoms with Crippen LogP contribution in [-0.4, -0.2) is 48.2 Å². The third kappa shape index (κ3) is 4.25. The number of anilines is 2. The largest absolute Gasteiger partial charge is 0.493 e. The normalized spacial score (nSPS) is 15.1. The molecule has 6 nitrogen and oxygen atoms in total. The van der Waals surface area contributed by atoms with Crippen molar-refractivity contribution in [3.8, 4) is 23.8 Å². The van der Waals surface area contributed by atoms with Crippen LogP contribution >= 0.6 is 0 Å². The monoisotopic (exact) mass is 388 g/mol. The highest BCUT2D eigenvalue weighted by atomic mass is 16.5. The molecule has 6 heteroatoms. The van der Waals surface area contributed by atoms with E-state index < -0.39 is 0 Å². The van der Waals surface area contributed by atoms with E-state index in [1.165, 1.54) is 6.33 Å². The number of rotatable bonds is 5. The molecule has 1 aliphatic heterocycles. The van der Waals surface area contributed by atoms with Crippen molar-refractivity contribution in [2.24, 2.45) is 0 Å². The number of nitrogens with zero attached hydrogens (tertiary/aromatic N) is 3. The van der Waals surface area contributed by atoms with Gasteiger partial charge in [0.1, 0.15) is 18.2 Å². The summed E-state index contributed by atoms with van der Waals surface area (Å²) in [6, 6.07) is 11.5. The summed E-state index contributed by atoms with van der Waals surface area (Å²) in [6.07, 6.45) is 9.21. The first-order valence-electron chi connectivity index (χ1n) is 9.68. The summed E-state index contributed by atoms with van der Waals surface area (Å²) in [4.78, 5) is 11.1. The predicted octanol–water partition coefficient (Wildman–Crippen LogP) is 3.84. The molecule has 1 fully saturated rings. The van der Waals surface area contributed by atoms with Crippen LogP contribution in [0.25, 0.3) is 10.9 Å². The first-order valence-corrected chi connectivity index (χ1v) is 9.68. The summed E-state index contributed by atoms with van der Waals surface area (Å²) in [6.45, 7) is 2.06. The molecule has 1 aliphatic rings. The fourth-order valence-corrected chi connectivity index (χ4v) is 3.52. The van der Waals surface area contributed by atoms with Crippen molar-refractivity contribution in [1.82, 2.24) is 14.9 Å². The third-order valence-electron chi connectivity index (χ3n) is 5.17. The lowest BCUT2D eigenvalue weighted by atomic mass is 10.1. The fourth-order valence-electron chi connectivity index (χ4n) is 3.52. The number of ether oxygens (including phenoxy) is 2. The Labute approximate surface area is 170 Å². The lowest BCUT2D eigenvalue weighted by Gasteiger charge is -2.29. The molecule has 1 aromatic heterocycles. The average Bonchev–Trinajstić information content (AvgIpc) is 2.75. The summed E-state index contributed by atoms with van der Waals surface area (Å²) < 4.78 is 11.9. The van der Waals surface area contributed by atoms with E-state index in [1.807, 2.05) is 36.4 Å². The van der Waals surface area contributed by atoms with Crippen molar-refractivity contribution in [2.75, 3.05) is 32.6 Å². The number of likely N-dealkylation sites (tertiary alicyclic amines) is 1. The topological polar surface area (TPSA) is 59.5 Å². The molecule has 29 heavy (non-hydrogen) atoms. The smallest absolute Gasteiger partial charge is 0.162 e. The van der Waals surface area contributed by atoms with Gasteiger partial charge in [-0.15, -0.1) is 6.42 Å². The van der Waals surface area contributed by atoms with Gasteiger partial charge in [0, 0.05) is 35.8 Å². The molecule has 0 spiro atoms. The predicted molar refractivity (Wildman–Crippen MR) is 115 cm³/mol. The van der Waals surface area contributed by atoms with Crippen LogP contribution in [-0.2, 0) is 0 Å². The minimum atomic E-state index is 0.172. The van der Waals surface area contributed by atoms with Crippen LogP contribution in [0.15, 0.2) is 42.7 Å². The quantitative estimate of drug-likeness (QED) is 0.670. The maximum absolute atomic E-state index is 6.31. The van der Waals surface area contributed by atoms with Crippen LogP contribution in [0, 0.1) is 12.3 Å².